The summed E-state index contributed by atoms with van der Waals surface area (Å²) in [5, 5.41) is 10.6. The lowest BCUT2D eigenvalue weighted by Crippen LogP contribution is -2.16. The Labute approximate surface area is 162 Å². The number of nitrogens with two attached hydrogens (primary N) is 2. The molecule has 0 aliphatic rings. The minimum atomic E-state index is -0.627. The lowest BCUT2D eigenvalue weighted by molar-refractivity contribution is 0.100. The quantitative estimate of drug-likeness (QED) is 0.437. The zero-order valence-electron chi connectivity index (χ0n) is 14.8. The highest BCUT2D eigenvalue weighted by Crippen LogP contribution is 2.37. The third-order valence-electron chi connectivity index (χ3n) is 4.78. The molecule has 5 aromatic rings. The summed E-state index contributed by atoms with van der Waals surface area (Å²) < 4.78 is 1.78. The standard InChI is InChI=1S/C19H15N7OS/c1-9-2-3-12-10(6-23-25-12)14(9)11-7-26-8-13(19-22-4-5-28-19)24-18(26)15(16(11)20)17(21)27/h2-8H,20H2,1H3,(H2,21,27)(H,23,25). The normalized spacial score (nSPS) is 11.5. The van der Waals surface area contributed by atoms with Gasteiger partial charge in [-0.05, 0) is 24.1 Å². The predicted molar refractivity (Wildman–Crippen MR) is 109 cm³/mol. The fourth-order valence-electron chi connectivity index (χ4n) is 3.52. The fraction of sp³-hybridized carbons (Fsp3) is 0.0526. The van der Waals surface area contributed by atoms with Gasteiger partial charge in [0.2, 0.25) is 0 Å². The SMILES string of the molecule is Cc1ccc2[nH]ncc2c1-c1cn2cc(-c3nccs3)nc2c(C(N)=O)c1N. The van der Waals surface area contributed by atoms with Crippen molar-refractivity contribution in [2.24, 2.45) is 5.73 Å². The number of nitrogen functional groups attached to an aromatic ring is 1. The van der Waals surface area contributed by atoms with Crippen LogP contribution in [0.3, 0.4) is 0 Å². The third kappa shape index (κ3) is 2.30. The summed E-state index contributed by atoms with van der Waals surface area (Å²) in [4.78, 5) is 21.1. The predicted octanol–water partition coefficient (Wildman–Crippen LogP) is 2.99. The fourth-order valence-corrected chi connectivity index (χ4v) is 4.11. The Bertz CT molecular complexity index is 1360. The van der Waals surface area contributed by atoms with Crippen LogP contribution in [0.1, 0.15) is 15.9 Å². The number of carbonyl (C=O) groups is 1. The molecule has 1 aromatic carbocycles. The number of pyridine rings is 1. The molecule has 5 N–H and O–H groups in total. The first-order valence-electron chi connectivity index (χ1n) is 8.48. The number of fused-ring (bicyclic) bond motifs is 2. The molecule has 0 radical (unpaired) electrons. The second-order valence-corrected chi connectivity index (χ2v) is 7.37. The van der Waals surface area contributed by atoms with Gasteiger partial charge in [0.25, 0.3) is 5.91 Å². The van der Waals surface area contributed by atoms with E-state index in [0.717, 1.165) is 27.0 Å². The number of aromatic amines is 1. The lowest BCUT2D eigenvalue weighted by atomic mass is 9.95. The molecule has 0 fully saturated rings. The molecule has 0 aliphatic heterocycles. The van der Waals surface area contributed by atoms with E-state index in [-0.39, 0.29) is 5.56 Å². The molecule has 0 unspecified atom stereocenters. The molecule has 4 heterocycles. The van der Waals surface area contributed by atoms with E-state index in [1.54, 1.807) is 16.8 Å². The topological polar surface area (TPSA) is 128 Å². The summed E-state index contributed by atoms with van der Waals surface area (Å²) in [5.74, 6) is -0.627. The molecule has 0 spiro atoms. The molecule has 0 saturated carbocycles. The van der Waals surface area contributed by atoms with Gasteiger partial charge >= 0.3 is 0 Å². The average molecular weight is 389 g/mol. The van der Waals surface area contributed by atoms with Gasteiger partial charge in [0.05, 0.1) is 17.4 Å². The molecule has 0 bridgehead atoms. The summed E-state index contributed by atoms with van der Waals surface area (Å²) in [6.45, 7) is 1.99. The van der Waals surface area contributed by atoms with Gasteiger partial charge in [-0.1, -0.05) is 6.07 Å². The van der Waals surface area contributed by atoms with Crippen LogP contribution >= 0.6 is 11.3 Å². The van der Waals surface area contributed by atoms with Gasteiger partial charge in [0, 0.05) is 34.9 Å². The number of hydrogen-bond acceptors (Lipinski definition) is 6. The number of aryl methyl sites for hydroxylation is 1. The van der Waals surface area contributed by atoms with E-state index >= 15 is 0 Å². The van der Waals surface area contributed by atoms with Crippen LogP contribution in [0.25, 0.3) is 38.4 Å². The molecular weight excluding hydrogens is 374 g/mol. The van der Waals surface area contributed by atoms with E-state index in [1.807, 2.05) is 36.8 Å². The monoisotopic (exact) mass is 389 g/mol. The first-order valence-corrected chi connectivity index (χ1v) is 9.36. The number of thiazole rings is 1. The molecule has 138 valence electrons. The van der Waals surface area contributed by atoms with E-state index in [0.29, 0.717) is 22.6 Å². The highest BCUT2D eigenvalue weighted by molar-refractivity contribution is 7.13. The zero-order valence-corrected chi connectivity index (χ0v) is 15.6. The van der Waals surface area contributed by atoms with E-state index in [4.69, 9.17) is 11.5 Å². The molecule has 0 saturated heterocycles. The second-order valence-electron chi connectivity index (χ2n) is 6.48. The van der Waals surface area contributed by atoms with Gasteiger partial charge in [0.15, 0.2) is 5.65 Å². The number of anilines is 1. The Morgan fingerprint density at radius 1 is 1.29 bits per heavy atom. The average Bonchev–Trinajstić information content (AvgIpc) is 3.40. The van der Waals surface area contributed by atoms with Crippen molar-refractivity contribution in [3.05, 3.63) is 53.4 Å². The molecule has 1 amide bonds. The van der Waals surface area contributed by atoms with Crippen molar-refractivity contribution < 1.29 is 4.79 Å². The molecule has 9 heteroatoms. The molecule has 0 atom stereocenters. The Morgan fingerprint density at radius 3 is 2.89 bits per heavy atom. The van der Waals surface area contributed by atoms with Crippen molar-refractivity contribution in [3.63, 3.8) is 0 Å². The third-order valence-corrected chi connectivity index (χ3v) is 5.58. The Balaban J connectivity index is 1.87. The first-order chi connectivity index (χ1) is 13.5. The number of imidazole rings is 1. The Hall–Kier alpha value is -3.72. The van der Waals surface area contributed by atoms with Crippen LogP contribution < -0.4 is 11.5 Å². The summed E-state index contributed by atoms with van der Waals surface area (Å²) in [5.41, 5.74) is 17.2. The summed E-state index contributed by atoms with van der Waals surface area (Å²) >= 11 is 1.47. The lowest BCUT2D eigenvalue weighted by Gasteiger charge is -2.14. The number of nitrogens with one attached hydrogen (secondary N) is 1. The number of H-pyrrole nitrogens is 1. The van der Waals surface area contributed by atoms with Crippen molar-refractivity contribution >= 4 is 39.5 Å². The zero-order chi connectivity index (χ0) is 19.4. The van der Waals surface area contributed by atoms with Crippen LogP contribution in [0.15, 0.2) is 42.3 Å². The number of aromatic nitrogens is 5. The van der Waals surface area contributed by atoms with Gasteiger partial charge in [-0.3, -0.25) is 9.89 Å². The number of hydrogen-bond donors (Lipinski definition) is 3. The maximum absolute atomic E-state index is 12.3. The summed E-state index contributed by atoms with van der Waals surface area (Å²) in [7, 11) is 0. The second kappa shape index (κ2) is 5.89. The van der Waals surface area contributed by atoms with Crippen LogP contribution in [0.5, 0.6) is 0 Å². The van der Waals surface area contributed by atoms with Gasteiger partial charge < -0.3 is 15.9 Å². The van der Waals surface area contributed by atoms with Gasteiger partial charge in [-0.25, -0.2) is 9.97 Å². The van der Waals surface area contributed by atoms with Gasteiger partial charge in [-0.2, -0.15) is 5.10 Å². The summed E-state index contributed by atoms with van der Waals surface area (Å²) in [6, 6.07) is 3.95. The molecule has 0 aliphatic carbocycles. The van der Waals surface area contributed by atoms with E-state index in [2.05, 4.69) is 20.2 Å². The highest BCUT2D eigenvalue weighted by Gasteiger charge is 2.22. The van der Waals surface area contributed by atoms with Gasteiger partial charge in [0.1, 0.15) is 16.3 Å². The van der Waals surface area contributed by atoms with Crippen molar-refractivity contribution in [1.29, 1.82) is 0 Å². The van der Waals surface area contributed by atoms with Crippen molar-refractivity contribution in [2.75, 3.05) is 5.73 Å². The maximum Gasteiger partial charge on any atom is 0.254 e. The number of amides is 1. The van der Waals surface area contributed by atoms with E-state index < -0.39 is 5.91 Å². The van der Waals surface area contributed by atoms with E-state index in [1.165, 1.54) is 11.3 Å². The Kier molecular flexibility index (Phi) is 3.46. The minimum absolute atomic E-state index is 0.195. The van der Waals surface area contributed by atoms with Crippen LogP contribution in [0, 0.1) is 6.92 Å². The smallest absolute Gasteiger partial charge is 0.254 e. The van der Waals surface area contributed by atoms with Crippen molar-refractivity contribution in [2.45, 2.75) is 6.92 Å². The van der Waals surface area contributed by atoms with Gasteiger partial charge in [-0.15, -0.1) is 11.3 Å². The van der Waals surface area contributed by atoms with Crippen molar-refractivity contribution in [1.82, 2.24) is 24.6 Å². The van der Waals surface area contributed by atoms with Crippen LogP contribution in [-0.2, 0) is 0 Å². The number of benzene rings is 1. The minimum Gasteiger partial charge on any atom is -0.397 e. The van der Waals surface area contributed by atoms with Crippen LogP contribution in [0.4, 0.5) is 5.69 Å². The number of nitrogens with zero attached hydrogens (tertiary/aromatic N) is 4. The number of carbonyl (C=O) groups excluding carboxylic acids is 1. The van der Waals surface area contributed by atoms with Crippen LogP contribution in [-0.4, -0.2) is 30.5 Å². The van der Waals surface area contributed by atoms with Crippen molar-refractivity contribution in [3.8, 4) is 21.8 Å². The first kappa shape index (κ1) is 16.5. The Morgan fingerprint density at radius 2 is 2.14 bits per heavy atom. The van der Waals surface area contributed by atoms with E-state index in [9.17, 15) is 4.79 Å². The molecule has 8 nitrogen and oxygen atoms in total. The summed E-state index contributed by atoms with van der Waals surface area (Å²) in [6.07, 6.45) is 7.16. The number of primary amides is 1. The maximum atomic E-state index is 12.3. The highest BCUT2D eigenvalue weighted by atomic mass is 32.1. The molecular formula is C19H15N7OS. The molecule has 4 aromatic heterocycles. The van der Waals surface area contributed by atoms with Crippen LogP contribution in [0.2, 0.25) is 0 Å². The largest absolute Gasteiger partial charge is 0.397 e. The number of rotatable bonds is 3. The molecule has 5 rings (SSSR count). The molecule has 28 heavy (non-hydrogen) atoms.